The average Bonchev–Trinajstić information content (AvgIpc) is 2.87. The molecule has 1 fully saturated rings. The molecule has 0 radical (unpaired) electrons. The van der Waals surface area contributed by atoms with E-state index in [4.69, 9.17) is 34.2 Å². The Hall–Kier alpha value is -4.12. The zero-order valence-electron chi connectivity index (χ0n) is 23.2. The smallest absolute Gasteiger partial charge is 0.303 e. The highest BCUT2D eigenvalue weighted by atomic mass is 16.7. The summed E-state index contributed by atoms with van der Waals surface area (Å²) in [4.78, 5) is 47.7. The molecule has 5 atom stereocenters. The van der Waals surface area contributed by atoms with Gasteiger partial charge in [-0.05, 0) is 29.2 Å². The molecule has 0 aromatic heterocycles. The minimum absolute atomic E-state index is 0.334. The lowest BCUT2D eigenvalue weighted by Gasteiger charge is -2.44. The molecule has 0 bridgehead atoms. The summed E-state index contributed by atoms with van der Waals surface area (Å²) >= 11 is 0. The molecule has 2 aromatic carbocycles. The lowest BCUT2D eigenvalue weighted by molar-refractivity contribution is -0.288. The van der Waals surface area contributed by atoms with E-state index in [1.807, 2.05) is 30.3 Å². The highest BCUT2D eigenvalue weighted by molar-refractivity contribution is 5.68. The first-order chi connectivity index (χ1) is 19.0. The normalized spacial score (nSPS) is 22.1. The number of ether oxygens (including phenoxy) is 6. The number of aryl methyl sites for hydroxylation is 1. The van der Waals surface area contributed by atoms with Crippen LogP contribution in [-0.2, 0) is 55.7 Å². The van der Waals surface area contributed by atoms with E-state index >= 15 is 0 Å². The van der Waals surface area contributed by atoms with Crippen molar-refractivity contribution in [1.29, 1.82) is 0 Å². The number of hydrogen-bond acceptors (Lipinski definition) is 11. The Morgan fingerprint density at radius 3 is 1.93 bits per heavy atom. The first-order valence-electron chi connectivity index (χ1n) is 12.9. The maximum Gasteiger partial charge on any atom is 0.303 e. The number of carbonyl (C=O) groups excluding carboxylic acids is 4. The molecule has 216 valence electrons. The number of carbonyl (C=O) groups is 4. The number of anilines is 1. The molecule has 0 saturated carbocycles. The summed E-state index contributed by atoms with van der Waals surface area (Å²) in [5.74, 6) is -2.44. The second kappa shape index (κ2) is 13.8. The lowest BCUT2D eigenvalue weighted by atomic mass is 9.97. The van der Waals surface area contributed by atoms with Crippen LogP contribution >= 0.6 is 0 Å². The molecule has 1 aliphatic rings. The van der Waals surface area contributed by atoms with Crippen molar-refractivity contribution in [1.82, 2.24) is 0 Å². The molecule has 0 aliphatic carbocycles. The van der Waals surface area contributed by atoms with Crippen molar-refractivity contribution in [3.63, 3.8) is 0 Å². The fraction of sp³-hybridized carbons (Fsp3) is 0.448. The van der Waals surface area contributed by atoms with Crippen LogP contribution in [0.25, 0.3) is 0 Å². The van der Waals surface area contributed by atoms with Gasteiger partial charge in [-0.25, -0.2) is 0 Å². The first-order valence-corrected chi connectivity index (χ1v) is 12.9. The summed E-state index contributed by atoms with van der Waals surface area (Å²) in [6.07, 6.45) is -5.04. The first kappa shape index (κ1) is 30.4. The van der Waals surface area contributed by atoms with E-state index in [1.54, 1.807) is 12.1 Å². The summed E-state index contributed by atoms with van der Waals surface area (Å²) in [7, 11) is 0. The van der Waals surface area contributed by atoms with Gasteiger partial charge in [-0.3, -0.25) is 19.2 Å². The van der Waals surface area contributed by atoms with E-state index in [-0.39, 0.29) is 6.61 Å². The molecule has 2 N–H and O–H groups in total. The molecular formula is C29H35NO10. The van der Waals surface area contributed by atoms with E-state index in [0.717, 1.165) is 31.4 Å². The Bertz CT molecular complexity index is 1210. The van der Waals surface area contributed by atoms with Crippen molar-refractivity contribution in [2.24, 2.45) is 0 Å². The summed E-state index contributed by atoms with van der Waals surface area (Å²) in [6, 6.07) is 13.3. The maximum absolute atomic E-state index is 12.1. The van der Waals surface area contributed by atoms with Crippen LogP contribution in [0.2, 0.25) is 0 Å². The van der Waals surface area contributed by atoms with Gasteiger partial charge in [-0.15, -0.1) is 0 Å². The third-order valence-corrected chi connectivity index (χ3v) is 6.11. The second-order valence-electron chi connectivity index (χ2n) is 9.40. The molecule has 0 amide bonds. The van der Waals surface area contributed by atoms with Gasteiger partial charge in [-0.2, -0.15) is 0 Å². The van der Waals surface area contributed by atoms with Gasteiger partial charge < -0.3 is 34.2 Å². The van der Waals surface area contributed by atoms with E-state index in [0.29, 0.717) is 17.9 Å². The van der Waals surface area contributed by atoms with Crippen molar-refractivity contribution in [2.75, 3.05) is 12.3 Å². The summed E-state index contributed by atoms with van der Waals surface area (Å²) in [6.45, 7) is 6.40. The van der Waals surface area contributed by atoms with Crippen LogP contribution in [-0.4, -0.2) is 61.2 Å². The SMILES string of the molecule is CCc1ccc(Cc2ccc(N)cc2O[C@@H]2O[C@H](COC(C)=O)[C@@H](OC(C)=O)[C@H](OC(C)=O)[C@H]2OC(C)=O)cc1. The van der Waals surface area contributed by atoms with Crippen molar-refractivity contribution >= 4 is 29.6 Å². The molecule has 0 unspecified atom stereocenters. The Labute approximate surface area is 232 Å². The van der Waals surface area contributed by atoms with Crippen LogP contribution in [0.3, 0.4) is 0 Å². The van der Waals surface area contributed by atoms with E-state index in [2.05, 4.69) is 6.92 Å². The van der Waals surface area contributed by atoms with Crippen LogP contribution in [0.15, 0.2) is 42.5 Å². The molecule has 0 spiro atoms. The highest BCUT2D eigenvalue weighted by Gasteiger charge is 2.53. The Kier molecular flexibility index (Phi) is 10.5. The summed E-state index contributed by atoms with van der Waals surface area (Å²) in [5.41, 5.74) is 9.46. The molecule has 3 rings (SSSR count). The molecule has 11 nitrogen and oxygen atoms in total. The minimum Gasteiger partial charge on any atom is -0.463 e. The Morgan fingerprint density at radius 1 is 0.775 bits per heavy atom. The molecule has 1 aliphatic heterocycles. The van der Waals surface area contributed by atoms with E-state index in [1.165, 1.54) is 19.4 Å². The van der Waals surface area contributed by atoms with Crippen molar-refractivity contribution in [3.8, 4) is 5.75 Å². The standard InChI is InChI=1S/C29H35NO10/c1-6-20-7-9-21(10-8-20)13-22-11-12-23(30)14-24(22)39-29-28(38-19(5)34)27(37-18(4)33)26(36-17(3)32)25(40-29)15-35-16(2)31/h7-12,14,25-29H,6,13,15,30H2,1-5H3/t25-,26-,27+,28-,29-/m1/s1. The van der Waals surface area contributed by atoms with Crippen LogP contribution < -0.4 is 10.5 Å². The van der Waals surface area contributed by atoms with Crippen LogP contribution in [0.1, 0.15) is 51.3 Å². The fourth-order valence-electron chi connectivity index (χ4n) is 4.35. The quantitative estimate of drug-likeness (QED) is 0.261. The summed E-state index contributed by atoms with van der Waals surface area (Å²) in [5, 5.41) is 0. The van der Waals surface area contributed by atoms with Gasteiger partial charge in [0, 0.05) is 45.9 Å². The predicted octanol–water partition coefficient (Wildman–Crippen LogP) is 2.88. The van der Waals surface area contributed by atoms with Gasteiger partial charge in [0.25, 0.3) is 0 Å². The lowest BCUT2D eigenvalue weighted by Crippen LogP contribution is -2.63. The Morgan fingerprint density at radius 2 is 1.35 bits per heavy atom. The third-order valence-electron chi connectivity index (χ3n) is 6.11. The topological polar surface area (TPSA) is 150 Å². The monoisotopic (exact) mass is 557 g/mol. The number of nitrogen functional groups attached to an aromatic ring is 1. The average molecular weight is 558 g/mol. The van der Waals surface area contributed by atoms with Crippen LogP contribution in [0.5, 0.6) is 5.75 Å². The number of nitrogens with two attached hydrogens (primary N) is 1. The highest BCUT2D eigenvalue weighted by Crippen LogP contribution is 2.33. The fourth-order valence-corrected chi connectivity index (χ4v) is 4.35. The number of rotatable bonds is 10. The predicted molar refractivity (Wildman–Crippen MR) is 142 cm³/mol. The van der Waals surface area contributed by atoms with Crippen molar-refractivity contribution in [2.45, 2.75) is 78.2 Å². The van der Waals surface area contributed by atoms with Gasteiger partial charge in [0.15, 0.2) is 12.2 Å². The van der Waals surface area contributed by atoms with Gasteiger partial charge in [0.1, 0.15) is 18.5 Å². The van der Waals surface area contributed by atoms with Crippen molar-refractivity contribution in [3.05, 3.63) is 59.2 Å². The molecule has 1 heterocycles. The minimum atomic E-state index is -1.36. The largest absolute Gasteiger partial charge is 0.463 e. The maximum atomic E-state index is 12.1. The molecule has 40 heavy (non-hydrogen) atoms. The zero-order valence-corrected chi connectivity index (χ0v) is 23.2. The summed E-state index contributed by atoms with van der Waals surface area (Å²) < 4.78 is 33.8. The molecule has 11 heteroatoms. The Balaban J connectivity index is 2.01. The van der Waals surface area contributed by atoms with Gasteiger partial charge in [-0.1, -0.05) is 37.3 Å². The molecule has 1 saturated heterocycles. The van der Waals surface area contributed by atoms with Crippen LogP contribution in [0, 0.1) is 0 Å². The number of hydrogen-bond donors (Lipinski definition) is 1. The second-order valence-corrected chi connectivity index (χ2v) is 9.40. The molecular weight excluding hydrogens is 522 g/mol. The number of benzene rings is 2. The molecule has 2 aromatic rings. The van der Waals surface area contributed by atoms with Crippen molar-refractivity contribution < 1.29 is 47.6 Å². The van der Waals surface area contributed by atoms with Crippen LogP contribution in [0.4, 0.5) is 5.69 Å². The van der Waals surface area contributed by atoms with Gasteiger partial charge in [0.2, 0.25) is 12.4 Å². The van der Waals surface area contributed by atoms with Gasteiger partial charge in [0.05, 0.1) is 0 Å². The zero-order chi connectivity index (χ0) is 29.4. The third kappa shape index (κ3) is 8.44. The number of esters is 4. The van der Waals surface area contributed by atoms with E-state index in [9.17, 15) is 19.2 Å². The van der Waals surface area contributed by atoms with Gasteiger partial charge >= 0.3 is 23.9 Å². The van der Waals surface area contributed by atoms with E-state index < -0.39 is 54.6 Å².